The average molecular weight is 271 g/mol. The molecule has 1 aromatic rings. The van der Waals surface area contributed by atoms with Gasteiger partial charge in [0.25, 0.3) is 0 Å². The van der Waals surface area contributed by atoms with Crippen LogP contribution in [0.5, 0.6) is 5.75 Å². The molecule has 0 radical (unpaired) electrons. The molecule has 0 saturated heterocycles. The van der Waals surface area contributed by atoms with Gasteiger partial charge >= 0.3 is 0 Å². The quantitative estimate of drug-likeness (QED) is 0.681. The van der Waals surface area contributed by atoms with Gasteiger partial charge in [-0.3, -0.25) is 0 Å². The molecule has 0 aliphatic heterocycles. The minimum absolute atomic E-state index is 0.480. The summed E-state index contributed by atoms with van der Waals surface area (Å²) in [6.45, 7) is 4.95. The van der Waals surface area contributed by atoms with Gasteiger partial charge < -0.3 is 4.74 Å². The number of ether oxygens (including phenoxy) is 1. The molecule has 1 atom stereocenters. The highest BCUT2D eigenvalue weighted by Crippen LogP contribution is 2.29. The van der Waals surface area contributed by atoms with Crippen LogP contribution in [-0.4, -0.2) is 6.61 Å². The second kappa shape index (κ2) is 6.89. The van der Waals surface area contributed by atoms with E-state index in [9.17, 15) is 0 Å². The van der Waals surface area contributed by atoms with Crippen molar-refractivity contribution in [1.29, 1.82) is 0 Å². The predicted octanol–water partition coefficient (Wildman–Crippen LogP) is 4.71. The summed E-state index contributed by atoms with van der Waals surface area (Å²) in [6.07, 6.45) is 3.72. The molecule has 2 heteroatoms. The van der Waals surface area contributed by atoms with Gasteiger partial charge in [-0.25, -0.2) is 0 Å². The molecule has 0 aromatic heterocycles. The van der Waals surface area contributed by atoms with Gasteiger partial charge in [0.1, 0.15) is 5.75 Å². The Morgan fingerprint density at radius 3 is 2.40 bits per heavy atom. The van der Waals surface area contributed by atoms with Crippen molar-refractivity contribution < 1.29 is 4.74 Å². The fourth-order valence-corrected chi connectivity index (χ4v) is 2.12. The number of hydrogen-bond donors (Lipinski definition) is 0. The average Bonchev–Trinajstić information content (AvgIpc) is 2.27. The molecule has 1 aromatic carbocycles. The van der Waals surface area contributed by atoms with E-state index in [1.54, 1.807) is 0 Å². The standard InChI is InChI=1S/C13H19BrO/c1-3-5-6-13(14)11-7-9-12(10-8-11)15-4-2/h7-10,13H,3-6H2,1-2H3. The summed E-state index contributed by atoms with van der Waals surface area (Å²) >= 11 is 3.71. The van der Waals surface area contributed by atoms with Crippen LogP contribution >= 0.6 is 15.9 Å². The lowest BCUT2D eigenvalue weighted by Gasteiger charge is -2.10. The SMILES string of the molecule is CCCCC(Br)c1ccc(OCC)cc1. The zero-order valence-electron chi connectivity index (χ0n) is 9.50. The molecule has 1 unspecified atom stereocenters. The Morgan fingerprint density at radius 1 is 1.20 bits per heavy atom. The van der Waals surface area contributed by atoms with E-state index < -0.39 is 0 Å². The Balaban J connectivity index is 2.54. The van der Waals surface area contributed by atoms with Crippen molar-refractivity contribution in [3.63, 3.8) is 0 Å². The van der Waals surface area contributed by atoms with Crippen molar-refractivity contribution in [3.05, 3.63) is 29.8 Å². The molecule has 0 aliphatic rings. The Bertz CT molecular complexity index is 268. The van der Waals surface area contributed by atoms with Crippen LogP contribution in [0, 0.1) is 0 Å². The third kappa shape index (κ3) is 4.25. The molecular formula is C13H19BrO. The summed E-state index contributed by atoms with van der Waals surface area (Å²) in [6, 6.07) is 8.36. The van der Waals surface area contributed by atoms with Crippen LogP contribution in [0.2, 0.25) is 0 Å². The maximum absolute atomic E-state index is 5.41. The third-order valence-electron chi connectivity index (χ3n) is 2.36. The van der Waals surface area contributed by atoms with Gasteiger partial charge in [-0.05, 0) is 31.0 Å². The van der Waals surface area contributed by atoms with Crippen molar-refractivity contribution in [3.8, 4) is 5.75 Å². The highest BCUT2D eigenvalue weighted by atomic mass is 79.9. The Labute approximate surface area is 101 Å². The maximum atomic E-state index is 5.41. The number of rotatable bonds is 6. The number of halogens is 1. The predicted molar refractivity (Wildman–Crippen MR) is 68.8 cm³/mol. The number of benzene rings is 1. The first-order valence-electron chi connectivity index (χ1n) is 5.64. The minimum atomic E-state index is 0.480. The van der Waals surface area contributed by atoms with Gasteiger partial charge in [-0.1, -0.05) is 47.8 Å². The largest absolute Gasteiger partial charge is 0.494 e. The smallest absolute Gasteiger partial charge is 0.119 e. The van der Waals surface area contributed by atoms with Gasteiger partial charge in [0.2, 0.25) is 0 Å². The molecule has 0 bridgehead atoms. The molecule has 0 amide bonds. The van der Waals surface area contributed by atoms with Gasteiger partial charge in [0.15, 0.2) is 0 Å². The van der Waals surface area contributed by atoms with Crippen LogP contribution in [-0.2, 0) is 0 Å². The molecular weight excluding hydrogens is 252 g/mol. The van der Waals surface area contributed by atoms with Crippen LogP contribution in [0.1, 0.15) is 43.5 Å². The minimum Gasteiger partial charge on any atom is -0.494 e. The Hall–Kier alpha value is -0.500. The molecule has 0 saturated carbocycles. The first-order valence-corrected chi connectivity index (χ1v) is 6.56. The number of alkyl halides is 1. The fraction of sp³-hybridized carbons (Fsp3) is 0.538. The van der Waals surface area contributed by atoms with E-state index in [-0.39, 0.29) is 0 Å². The van der Waals surface area contributed by atoms with Crippen molar-refractivity contribution in [2.45, 2.75) is 37.9 Å². The molecule has 0 aliphatic carbocycles. The molecule has 84 valence electrons. The van der Waals surface area contributed by atoms with E-state index in [0.717, 1.165) is 12.4 Å². The van der Waals surface area contributed by atoms with Crippen molar-refractivity contribution in [2.24, 2.45) is 0 Å². The van der Waals surface area contributed by atoms with Crippen LogP contribution in [0.4, 0.5) is 0 Å². The van der Waals surface area contributed by atoms with Crippen molar-refractivity contribution >= 4 is 15.9 Å². The second-order valence-corrected chi connectivity index (χ2v) is 4.72. The molecule has 15 heavy (non-hydrogen) atoms. The van der Waals surface area contributed by atoms with Gasteiger partial charge in [0.05, 0.1) is 6.61 Å². The zero-order chi connectivity index (χ0) is 11.1. The van der Waals surface area contributed by atoms with Crippen molar-refractivity contribution in [1.82, 2.24) is 0 Å². The molecule has 1 rings (SSSR count). The highest BCUT2D eigenvalue weighted by molar-refractivity contribution is 9.09. The van der Waals surface area contributed by atoms with Gasteiger partial charge in [0, 0.05) is 4.83 Å². The summed E-state index contributed by atoms with van der Waals surface area (Å²) in [5, 5.41) is 0. The summed E-state index contributed by atoms with van der Waals surface area (Å²) < 4.78 is 5.41. The monoisotopic (exact) mass is 270 g/mol. The summed E-state index contributed by atoms with van der Waals surface area (Å²) in [5.74, 6) is 0.955. The molecule has 1 nitrogen and oxygen atoms in total. The lowest BCUT2D eigenvalue weighted by molar-refractivity contribution is 0.340. The zero-order valence-corrected chi connectivity index (χ0v) is 11.1. The van der Waals surface area contributed by atoms with Gasteiger partial charge in [-0.15, -0.1) is 0 Å². The van der Waals surface area contributed by atoms with Gasteiger partial charge in [-0.2, -0.15) is 0 Å². The van der Waals surface area contributed by atoms with Crippen molar-refractivity contribution in [2.75, 3.05) is 6.61 Å². The van der Waals surface area contributed by atoms with E-state index >= 15 is 0 Å². The third-order valence-corrected chi connectivity index (χ3v) is 3.35. The summed E-state index contributed by atoms with van der Waals surface area (Å²) in [7, 11) is 0. The summed E-state index contributed by atoms with van der Waals surface area (Å²) in [4.78, 5) is 0.480. The van der Waals surface area contributed by atoms with E-state index in [1.165, 1.54) is 24.8 Å². The Morgan fingerprint density at radius 2 is 1.87 bits per heavy atom. The number of hydrogen-bond acceptors (Lipinski definition) is 1. The molecule has 0 spiro atoms. The fourth-order valence-electron chi connectivity index (χ4n) is 1.49. The van der Waals surface area contributed by atoms with E-state index in [0.29, 0.717) is 4.83 Å². The molecule has 0 N–H and O–H groups in total. The highest BCUT2D eigenvalue weighted by Gasteiger charge is 2.06. The van der Waals surface area contributed by atoms with E-state index in [2.05, 4.69) is 35.0 Å². The number of unbranched alkanes of at least 4 members (excludes halogenated alkanes) is 1. The maximum Gasteiger partial charge on any atom is 0.119 e. The van der Waals surface area contributed by atoms with Crippen LogP contribution in [0.25, 0.3) is 0 Å². The normalized spacial score (nSPS) is 12.5. The first kappa shape index (κ1) is 12.6. The molecule has 0 heterocycles. The van der Waals surface area contributed by atoms with Crippen LogP contribution in [0.3, 0.4) is 0 Å². The second-order valence-electron chi connectivity index (χ2n) is 3.61. The Kier molecular flexibility index (Phi) is 5.77. The van der Waals surface area contributed by atoms with Crippen LogP contribution < -0.4 is 4.74 Å². The summed E-state index contributed by atoms with van der Waals surface area (Å²) in [5.41, 5.74) is 1.34. The lowest BCUT2D eigenvalue weighted by Crippen LogP contribution is -1.93. The van der Waals surface area contributed by atoms with Crippen LogP contribution in [0.15, 0.2) is 24.3 Å². The van der Waals surface area contributed by atoms with E-state index in [1.807, 2.05) is 19.1 Å². The van der Waals surface area contributed by atoms with E-state index in [4.69, 9.17) is 4.74 Å². The molecule has 0 fully saturated rings. The lowest BCUT2D eigenvalue weighted by atomic mass is 10.1. The topological polar surface area (TPSA) is 9.23 Å². The first-order chi connectivity index (χ1) is 7.27.